The lowest BCUT2D eigenvalue weighted by Gasteiger charge is -2.34. The topological polar surface area (TPSA) is 31.5 Å². The summed E-state index contributed by atoms with van der Waals surface area (Å²) in [4.78, 5) is 5.28. The van der Waals surface area contributed by atoms with Gasteiger partial charge in [0.2, 0.25) is 5.78 Å². The fraction of sp³-hybridized carbons (Fsp3) is 0.104. The van der Waals surface area contributed by atoms with E-state index in [1.165, 1.54) is 48.2 Å². The van der Waals surface area contributed by atoms with E-state index in [0.29, 0.717) is 0 Å². The van der Waals surface area contributed by atoms with Crippen molar-refractivity contribution in [3.8, 4) is 28.3 Å². The fourth-order valence-electron chi connectivity index (χ4n) is 8.95. The molecule has 1 atom stereocenters. The number of aryl methyl sites for hydroxylation is 2. The lowest BCUT2D eigenvalue weighted by Crippen LogP contribution is -2.64. The Labute approximate surface area is 318 Å². The van der Waals surface area contributed by atoms with Crippen LogP contribution in [-0.4, -0.2) is 30.1 Å². The van der Waals surface area contributed by atoms with Gasteiger partial charge in [-0.05, 0) is 92.9 Å². The average molecular weight is 732 g/mol. The molecule has 0 bridgehead atoms. The number of para-hydroxylation sites is 5. The van der Waals surface area contributed by atoms with Crippen LogP contribution in [0.1, 0.15) is 11.1 Å². The number of fused-ring (bicyclic) bond motifs is 7. The van der Waals surface area contributed by atoms with Crippen LogP contribution >= 0.6 is 0 Å². The van der Waals surface area contributed by atoms with Crippen LogP contribution in [0.3, 0.4) is 0 Å². The van der Waals surface area contributed by atoms with E-state index in [1.807, 2.05) is 0 Å². The maximum atomic E-state index is 6.84. The normalized spacial score (nSPS) is 14.5. The second kappa shape index (κ2) is 12.0. The van der Waals surface area contributed by atoms with Crippen LogP contribution in [0.2, 0.25) is 19.6 Å². The fourth-order valence-corrected chi connectivity index (χ4v) is 15.3. The molecular formula is C48H41N3OSi2. The minimum Gasteiger partial charge on any atom is -0.457 e. The summed E-state index contributed by atoms with van der Waals surface area (Å²) in [6.45, 7) is 11.8. The Hall–Kier alpha value is -5.96. The quantitative estimate of drug-likeness (QED) is 0.131. The lowest BCUT2D eigenvalue weighted by molar-refractivity contribution is 0.488. The molecule has 262 valence electrons. The first-order chi connectivity index (χ1) is 26.2. The van der Waals surface area contributed by atoms with Crippen molar-refractivity contribution in [3.05, 3.63) is 169 Å². The summed E-state index contributed by atoms with van der Waals surface area (Å²) >= 11 is 0. The summed E-state index contributed by atoms with van der Waals surface area (Å²) in [5, 5.41) is 6.79. The van der Waals surface area contributed by atoms with Crippen molar-refractivity contribution in [1.29, 1.82) is 0 Å². The SMILES string of the molecule is Cc1ccc([Si](C)(c2ccccc2)c2cccc(-n3c4ccccc4n4c5cccc(C)c5nc34)c2)cc1-c1cccc2c1Oc1ccccc1[Si]2(C)C. The van der Waals surface area contributed by atoms with Crippen LogP contribution < -0.4 is 30.7 Å². The van der Waals surface area contributed by atoms with Gasteiger partial charge in [-0.1, -0.05) is 141 Å². The Morgan fingerprint density at radius 1 is 0.556 bits per heavy atom. The monoisotopic (exact) mass is 731 g/mol. The Morgan fingerprint density at radius 2 is 1.22 bits per heavy atom. The van der Waals surface area contributed by atoms with Crippen LogP contribution in [0.15, 0.2) is 158 Å². The predicted molar refractivity (Wildman–Crippen MR) is 231 cm³/mol. The standard InChI is InChI=1S/C48H41N3OSi2/c1-32-28-29-37(31-39(32)38-21-15-27-45-47(38)52-43-25-11-12-26-44(43)53(45,3)4)54(5,35-18-7-6-8-19-35)36-20-14-17-34(30-36)50-40-22-9-10-23-41(40)51-42-24-13-16-33(2)46(42)49-48(50)51/h6-31H,1-5H3. The molecule has 0 aliphatic carbocycles. The van der Waals surface area contributed by atoms with E-state index in [4.69, 9.17) is 9.72 Å². The van der Waals surface area contributed by atoms with E-state index in [1.54, 1.807) is 0 Å². The number of ether oxygens (including phenoxy) is 1. The molecule has 0 radical (unpaired) electrons. The Balaban J connectivity index is 1.18. The van der Waals surface area contributed by atoms with Gasteiger partial charge in [0.1, 0.15) is 27.6 Å². The average Bonchev–Trinajstić information content (AvgIpc) is 3.74. The molecule has 0 amide bonds. The first-order valence-electron chi connectivity index (χ1n) is 18.8. The molecule has 54 heavy (non-hydrogen) atoms. The molecule has 6 heteroatoms. The number of hydrogen-bond acceptors (Lipinski definition) is 2. The van der Waals surface area contributed by atoms with Gasteiger partial charge in [-0.15, -0.1) is 0 Å². The van der Waals surface area contributed by atoms with E-state index in [2.05, 4.69) is 200 Å². The molecule has 3 heterocycles. The third-order valence-electron chi connectivity index (χ3n) is 12.0. The minimum atomic E-state index is -2.58. The van der Waals surface area contributed by atoms with Crippen LogP contribution in [0.25, 0.3) is 44.7 Å². The molecule has 0 N–H and O–H groups in total. The van der Waals surface area contributed by atoms with E-state index in [-0.39, 0.29) is 0 Å². The van der Waals surface area contributed by atoms with E-state index in [9.17, 15) is 0 Å². The van der Waals surface area contributed by atoms with Crippen molar-refractivity contribution in [3.63, 3.8) is 0 Å². The molecule has 2 aromatic heterocycles. The Bertz CT molecular complexity index is 2940. The van der Waals surface area contributed by atoms with Gasteiger partial charge in [0.15, 0.2) is 0 Å². The van der Waals surface area contributed by atoms with Crippen LogP contribution in [0, 0.1) is 13.8 Å². The highest BCUT2D eigenvalue weighted by molar-refractivity contribution is 7.10. The van der Waals surface area contributed by atoms with E-state index < -0.39 is 16.1 Å². The maximum absolute atomic E-state index is 6.84. The van der Waals surface area contributed by atoms with E-state index >= 15 is 0 Å². The molecule has 10 rings (SSSR count). The zero-order chi connectivity index (χ0) is 36.8. The van der Waals surface area contributed by atoms with Crippen molar-refractivity contribution in [2.45, 2.75) is 33.5 Å². The molecule has 9 aromatic rings. The molecular weight excluding hydrogens is 691 g/mol. The first kappa shape index (κ1) is 32.7. The number of rotatable bonds is 5. The molecule has 1 unspecified atom stereocenters. The summed E-state index contributed by atoms with van der Waals surface area (Å²) in [6, 6.07) is 58.1. The molecule has 4 nitrogen and oxygen atoms in total. The zero-order valence-corrected chi connectivity index (χ0v) is 33.3. The first-order valence-corrected chi connectivity index (χ1v) is 24.3. The molecule has 0 spiro atoms. The molecule has 7 aromatic carbocycles. The molecule has 0 saturated heterocycles. The Morgan fingerprint density at radius 3 is 2.07 bits per heavy atom. The largest absolute Gasteiger partial charge is 0.457 e. The summed E-state index contributed by atoms with van der Waals surface area (Å²) in [5.74, 6) is 2.94. The number of benzene rings is 7. The summed E-state index contributed by atoms with van der Waals surface area (Å²) in [7, 11) is -4.56. The third-order valence-corrected chi connectivity index (χ3v) is 20.0. The molecule has 1 aliphatic heterocycles. The van der Waals surface area contributed by atoms with Crippen LogP contribution in [0.4, 0.5) is 0 Å². The summed E-state index contributed by atoms with van der Waals surface area (Å²) in [5.41, 5.74) is 10.4. The minimum absolute atomic E-state index is 0.931. The van der Waals surface area contributed by atoms with Crippen molar-refractivity contribution < 1.29 is 4.74 Å². The van der Waals surface area contributed by atoms with Crippen molar-refractivity contribution in [1.82, 2.24) is 14.0 Å². The van der Waals surface area contributed by atoms with Crippen molar-refractivity contribution in [2.24, 2.45) is 0 Å². The smallest absolute Gasteiger partial charge is 0.220 e. The number of aromatic nitrogens is 3. The third kappa shape index (κ3) is 4.70. The molecule has 0 saturated carbocycles. The zero-order valence-electron chi connectivity index (χ0n) is 31.3. The van der Waals surface area contributed by atoms with Gasteiger partial charge in [-0.25, -0.2) is 4.98 Å². The maximum Gasteiger partial charge on any atom is 0.220 e. The van der Waals surface area contributed by atoms with Crippen LogP contribution in [0.5, 0.6) is 11.5 Å². The summed E-state index contributed by atoms with van der Waals surface area (Å²) in [6.07, 6.45) is 0. The van der Waals surface area contributed by atoms with Crippen LogP contribution in [-0.2, 0) is 0 Å². The number of imidazole rings is 2. The van der Waals surface area contributed by atoms with Gasteiger partial charge >= 0.3 is 0 Å². The Kier molecular flexibility index (Phi) is 7.28. The van der Waals surface area contributed by atoms with Gasteiger partial charge < -0.3 is 4.74 Å². The van der Waals surface area contributed by atoms with Gasteiger partial charge in [-0.2, -0.15) is 0 Å². The van der Waals surface area contributed by atoms with Crippen molar-refractivity contribution >= 4 is 69.9 Å². The number of nitrogens with zero attached hydrogens (tertiary/aromatic N) is 3. The summed E-state index contributed by atoms with van der Waals surface area (Å²) < 4.78 is 11.5. The predicted octanol–water partition coefficient (Wildman–Crippen LogP) is 8.74. The second-order valence-electron chi connectivity index (χ2n) is 15.5. The lowest BCUT2D eigenvalue weighted by atomic mass is 9.99. The van der Waals surface area contributed by atoms with Gasteiger partial charge in [0.25, 0.3) is 0 Å². The highest BCUT2D eigenvalue weighted by Crippen LogP contribution is 2.38. The highest BCUT2D eigenvalue weighted by atomic mass is 28.3. The molecule has 1 aliphatic rings. The van der Waals surface area contributed by atoms with E-state index in [0.717, 1.165) is 45.0 Å². The van der Waals surface area contributed by atoms with Gasteiger partial charge in [0.05, 0.1) is 22.1 Å². The molecule has 0 fully saturated rings. The second-order valence-corrected chi connectivity index (χ2v) is 23.8. The highest BCUT2D eigenvalue weighted by Gasteiger charge is 2.39. The van der Waals surface area contributed by atoms with Crippen molar-refractivity contribution in [2.75, 3.05) is 0 Å². The number of hydrogen-bond donors (Lipinski definition) is 0. The van der Waals surface area contributed by atoms with Gasteiger partial charge in [0, 0.05) is 11.3 Å². The van der Waals surface area contributed by atoms with Gasteiger partial charge in [-0.3, -0.25) is 8.97 Å².